The number of nitrogens with two attached hydrogens (primary N) is 2. The third kappa shape index (κ3) is 10.9. The molecule has 232 valence electrons. The Balaban J connectivity index is 0.000000821. The molecule has 0 saturated carbocycles. The van der Waals surface area contributed by atoms with Crippen LogP contribution in [-0.2, 0) is 32.0 Å². The number of ether oxygens (including phenoxy) is 2. The number of carbonyl (C=O) groups is 5. The van der Waals surface area contributed by atoms with Gasteiger partial charge < -0.3 is 41.6 Å². The molecule has 17 heteroatoms. The molecule has 1 unspecified atom stereocenters. The highest BCUT2D eigenvalue weighted by molar-refractivity contribution is 5.94. The number of carbonyl (C=O) groups excluding carboxylic acids is 2. The molecule has 2 aromatic carbocycles. The van der Waals surface area contributed by atoms with Crippen molar-refractivity contribution < 1.29 is 61.9 Å². The van der Waals surface area contributed by atoms with Gasteiger partial charge in [-0.05, 0) is 54.7 Å². The van der Waals surface area contributed by atoms with Gasteiger partial charge >= 0.3 is 30.1 Å². The number of carboxylic acid groups (broad SMARTS) is 3. The molecule has 0 bridgehead atoms. The van der Waals surface area contributed by atoms with E-state index in [1.807, 2.05) is 0 Å². The molecule has 0 saturated heterocycles. The summed E-state index contributed by atoms with van der Waals surface area (Å²) in [6.45, 7) is 0.291. The average Bonchev–Trinajstić information content (AvgIpc) is 2.89. The van der Waals surface area contributed by atoms with Crippen molar-refractivity contribution >= 4 is 41.4 Å². The maximum Gasteiger partial charge on any atom is 0.490 e. The van der Waals surface area contributed by atoms with Gasteiger partial charge in [-0.1, -0.05) is 12.1 Å². The maximum absolute atomic E-state index is 12.9. The fourth-order valence-electron chi connectivity index (χ4n) is 3.69. The van der Waals surface area contributed by atoms with Gasteiger partial charge in [0.1, 0.15) is 6.04 Å². The lowest BCUT2D eigenvalue weighted by atomic mass is 10.0. The first-order valence-corrected chi connectivity index (χ1v) is 12.3. The van der Waals surface area contributed by atoms with Crippen molar-refractivity contribution in [2.45, 2.75) is 44.3 Å². The number of alkyl halides is 3. The normalized spacial score (nSPS) is 13.2. The number of fused-ring (bicyclic) bond motifs is 2. The molecule has 8 N–H and O–H groups in total. The molecule has 1 amide bonds. The van der Waals surface area contributed by atoms with Crippen LogP contribution < -0.4 is 26.3 Å². The molecular formula is C26H27F3N4O10. The number of guanidine groups is 1. The van der Waals surface area contributed by atoms with E-state index in [2.05, 4.69) is 10.3 Å². The van der Waals surface area contributed by atoms with E-state index in [1.165, 1.54) is 0 Å². The van der Waals surface area contributed by atoms with Crippen molar-refractivity contribution in [2.24, 2.45) is 16.5 Å². The quantitative estimate of drug-likeness (QED) is 0.108. The molecule has 1 heterocycles. The van der Waals surface area contributed by atoms with Gasteiger partial charge in [0.25, 0.3) is 0 Å². The molecule has 0 radical (unpaired) electrons. The number of carboxylic acids is 3. The van der Waals surface area contributed by atoms with E-state index < -0.39 is 48.4 Å². The number of aliphatic imine (C=N–C) groups is 1. The summed E-state index contributed by atoms with van der Waals surface area (Å²) in [6.07, 6.45) is -4.75. The number of para-hydroxylation sites is 1. The Morgan fingerprint density at radius 1 is 1.07 bits per heavy atom. The average molecular weight is 613 g/mol. The standard InChI is InChI=1S/C24H26N4O8.C2HF3O2/c25-24(26)27-15-7-8-16-14(11-15)4-2-10-35-21-13(3-1-5-18(21)36-23(16)34)6-9-19(29)28-17(22(32)33)12-20(30)31;3-2(4,5)1(6)7/h1,3,5,7-8,11,17H,2,4,6,9-10,12H2,(H,28,29)(H,30,31)(H,32,33)(H4,25,26,27);(H,6,7). The second kappa shape index (κ2) is 15.0. The van der Waals surface area contributed by atoms with Crippen LogP contribution in [0.15, 0.2) is 41.4 Å². The second-order valence-electron chi connectivity index (χ2n) is 8.82. The van der Waals surface area contributed by atoms with Gasteiger partial charge in [-0.25, -0.2) is 19.4 Å². The van der Waals surface area contributed by atoms with Crippen LogP contribution in [0.1, 0.15) is 40.7 Å². The molecule has 0 aliphatic carbocycles. The number of nitrogens with one attached hydrogen (secondary N) is 1. The number of rotatable bonds is 8. The van der Waals surface area contributed by atoms with Crippen molar-refractivity contribution in [3.05, 3.63) is 53.1 Å². The molecule has 0 aromatic heterocycles. The van der Waals surface area contributed by atoms with Gasteiger partial charge in [-0.15, -0.1) is 0 Å². The Labute approximate surface area is 241 Å². The lowest BCUT2D eigenvalue weighted by Crippen LogP contribution is -2.42. The molecule has 2 aromatic rings. The number of benzene rings is 2. The van der Waals surface area contributed by atoms with Gasteiger partial charge in [-0.2, -0.15) is 13.2 Å². The third-order valence-electron chi connectivity index (χ3n) is 5.54. The van der Waals surface area contributed by atoms with Gasteiger partial charge in [0.05, 0.1) is 24.3 Å². The molecule has 1 aliphatic rings. The monoisotopic (exact) mass is 612 g/mol. The predicted molar refractivity (Wildman–Crippen MR) is 141 cm³/mol. The Hall–Kier alpha value is -5.35. The largest absolute Gasteiger partial charge is 0.490 e. The smallest absolute Gasteiger partial charge is 0.489 e. The summed E-state index contributed by atoms with van der Waals surface area (Å²) in [7, 11) is 0. The molecular weight excluding hydrogens is 585 g/mol. The van der Waals surface area contributed by atoms with Gasteiger partial charge in [0.2, 0.25) is 5.91 Å². The number of nitrogens with zero attached hydrogens (tertiary/aromatic N) is 1. The van der Waals surface area contributed by atoms with Crippen molar-refractivity contribution in [2.75, 3.05) is 6.61 Å². The fraction of sp³-hybridized carbons (Fsp3) is 0.308. The highest BCUT2D eigenvalue weighted by Crippen LogP contribution is 2.34. The molecule has 3 rings (SSSR count). The van der Waals surface area contributed by atoms with Crippen LogP contribution in [0.2, 0.25) is 0 Å². The van der Waals surface area contributed by atoms with E-state index in [0.717, 1.165) is 0 Å². The lowest BCUT2D eigenvalue weighted by molar-refractivity contribution is -0.192. The third-order valence-corrected chi connectivity index (χ3v) is 5.54. The van der Waals surface area contributed by atoms with Crippen LogP contribution in [0.25, 0.3) is 0 Å². The number of aryl methyl sites for hydroxylation is 2. The van der Waals surface area contributed by atoms with Gasteiger partial charge in [0, 0.05) is 6.42 Å². The second-order valence-corrected chi connectivity index (χ2v) is 8.82. The van der Waals surface area contributed by atoms with Crippen LogP contribution in [0.4, 0.5) is 18.9 Å². The lowest BCUT2D eigenvalue weighted by Gasteiger charge is -2.19. The minimum atomic E-state index is -5.08. The zero-order valence-corrected chi connectivity index (χ0v) is 22.2. The van der Waals surface area contributed by atoms with Crippen molar-refractivity contribution in [1.29, 1.82) is 0 Å². The van der Waals surface area contributed by atoms with E-state index in [0.29, 0.717) is 47.6 Å². The van der Waals surface area contributed by atoms with Crippen LogP contribution in [0, 0.1) is 0 Å². The topological polar surface area (TPSA) is 241 Å². The molecule has 0 spiro atoms. The fourth-order valence-corrected chi connectivity index (χ4v) is 3.69. The number of esters is 1. The van der Waals surface area contributed by atoms with Crippen molar-refractivity contribution in [3.63, 3.8) is 0 Å². The SMILES string of the molecule is NC(N)=Nc1ccc2c(c1)CCCOc1c(CCC(=O)NC(CC(=O)O)C(=O)O)cccc1OC2=O.O=C(O)C(F)(F)F. The molecule has 0 fully saturated rings. The van der Waals surface area contributed by atoms with Crippen molar-refractivity contribution in [1.82, 2.24) is 5.32 Å². The first kappa shape index (κ1) is 33.9. The summed E-state index contributed by atoms with van der Waals surface area (Å²) in [5.74, 6) is -6.40. The first-order valence-electron chi connectivity index (χ1n) is 12.3. The Kier molecular flexibility index (Phi) is 11.8. The van der Waals surface area contributed by atoms with E-state index in [-0.39, 0.29) is 24.6 Å². The number of hydrogen-bond acceptors (Lipinski definition) is 8. The van der Waals surface area contributed by atoms with E-state index >= 15 is 0 Å². The summed E-state index contributed by atoms with van der Waals surface area (Å²) in [5, 5.41) is 27.3. The highest BCUT2D eigenvalue weighted by atomic mass is 19.4. The van der Waals surface area contributed by atoms with E-state index in [1.54, 1.807) is 36.4 Å². The molecule has 43 heavy (non-hydrogen) atoms. The molecule has 1 atom stereocenters. The van der Waals surface area contributed by atoms with Crippen LogP contribution >= 0.6 is 0 Å². The van der Waals surface area contributed by atoms with Crippen LogP contribution in [0.5, 0.6) is 11.5 Å². The zero-order valence-electron chi connectivity index (χ0n) is 22.2. The van der Waals surface area contributed by atoms with Gasteiger partial charge in [-0.3, -0.25) is 9.59 Å². The summed E-state index contributed by atoms with van der Waals surface area (Å²) in [4.78, 5) is 60.1. The zero-order chi connectivity index (χ0) is 32.3. The summed E-state index contributed by atoms with van der Waals surface area (Å²) in [5.41, 5.74) is 13.0. The minimum absolute atomic E-state index is 0.101. The van der Waals surface area contributed by atoms with Crippen molar-refractivity contribution in [3.8, 4) is 11.5 Å². The van der Waals surface area contributed by atoms with Crippen LogP contribution in [0.3, 0.4) is 0 Å². The first-order chi connectivity index (χ1) is 20.1. The van der Waals surface area contributed by atoms with E-state index in [9.17, 15) is 32.3 Å². The van der Waals surface area contributed by atoms with Gasteiger partial charge in [0.15, 0.2) is 17.5 Å². The number of halogens is 3. The van der Waals surface area contributed by atoms with E-state index in [4.69, 9.17) is 41.1 Å². The summed E-state index contributed by atoms with van der Waals surface area (Å²) < 4.78 is 43.3. The summed E-state index contributed by atoms with van der Waals surface area (Å²) in [6, 6.07) is 8.28. The predicted octanol–water partition coefficient (Wildman–Crippen LogP) is 1.75. The number of aliphatic carboxylic acids is 3. The molecule has 14 nitrogen and oxygen atoms in total. The number of amides is 1. The number of hydrogen-bond donors (Lipinski definition) is 6. The molecule has 1 aliphatic heterocycles. The Morgan fingerprint density at radius 3 is 2.33 bits per heavy atom. The van der Waals surface area contributed by atoms with Crippen LogP contribution in [-0.4, -0.2) is 69.9 Å². The maximum atomic E-state index is 12.9. The Bertz CT molecular complexity index is 1410. The Morgan fingerprint density at radius 2 is 1.74 bits per heavy atom. The highest BCUT2D eigenvalue weighted by Gasteiger charge is 2.38. The summed E-state index contributed by atoms with van der Waals surface area (Å²) >= 11 is 0. The minimum Gasteiger partial charge on any atom is -0.489 e.